The third-order valence-corrected chi connectivity index (χ3v) is 24.9. The number of pyridine rings is 3. The van der Waals surface area contributed by atoms with Gasteiger partial charge in [0.1, 0.15) is 66.0 Å². The summed E-state index contributed by atoms with van der Waals surface area (Å²) in [6.07, 6.45) is 2.53. The van der Waals surface area contributed by atoms with Gasteiger partial charge in [0.25, 0.3) is 17.7 Å². The maximum absolute atomic E-state index is 14.9. The Morgan fingerprint density at radius 2 is 0.682 bits per heavy atom. The van der Waals surface area contributed by atoms with Gasteiger partial charge in [-0.2, -0.15) is 21.0 Å². The van der Waals surface area contributed by atoms with Crippen molar-refractivity contribution in [3.8, 4) is 92.2 Å². The van der Waals surface area contributed by atoms with Crippen LogP contribution in [0.4, 0.5) is 57.9 Å². The molecule has 16 rings (SSSR count). The first-order valence-electron chi connectivity index (χ1n) is 46.8. The first-order chi connectivity index (χ1) is 70.3. The topological polar surface area (TPSA) is 580 Å². The number of phosphoric acid groups is 1. The molecule has 7 heterocycles. The molecule has 8 aromatic rings. The number of nitrogens with zero attached hydrogens (tertiary/aromatic N) is 11. The molecule has 8 fully saturated rings. The molecule has 0 unspecified atom stereocenters. The van der Waals surface area contributed by atoms with E-state index in [4.69, 9.17) is 54.8 Å². The van der Waals surface area contributed by atoms with Crippen LogP contribution in [-0.2, 0) is 66.5 Å². The molecule has 0 bridgehead atoms. The number of phosphoric ester groups is 1. The average molecular weight is 2080 g/mol. The van der Waals surface area contributed by atoms with E-state index >= 15 is 0 Å². The van der Waals surface area contributed by atoms with Gasteiger partial charge in [0.15, 0.2) is 43.7 Å². The van der Waals surface area contributed by atoms with Gasteiger partial charge in [0, 0.05) is 134 Å². The van der Waals surface area contributed by atoms with Gasteiger partial charge in [-0.15, -0.1) is 0 Å². The lowest BCUT2D eigenvalue weighted by molar-refractivity contribution is -0.167. The second-order valence-electron chi connectivity index (χ2n) is 36.3. The van der Waals surface area contributed by atoms with Crippen LogP contribution in [0.3, 0.4) is 0 Å². The van der Waals surface area contributed by atoms with Crippen molar-refractivity contribution in [2.75, 3.05) is 100 Å². The number of ether oxygens (including phenoxy) is 6. The van der Waals surface area contributed by atoms with Crippen LogP contribution in [0.1, 0.15) is 113 Å². The van der Waals surface area contributed by atoms with Gasteiger partial charge in [-0.25, -0.2) is 39.7 Å². The molecule has 5 aromatic carbocycles. The monoisotopic (exact) mass is 2080 g/mol. The summed E-state index contributed by atoms with van der Waals surface area (Å²) in [5, 5.41) is 68.2. The Labute approximate surface area is 840 Å². The highest BCUT2D eigenvalue weighted by atomic mass is 31.2. The predicted octanol–water partition coefficient (Wildman–Crippen LogP) is 10.2. The fraction of sp³-hybridized carbons (Fsp3) is 0.410. The molecule has 148 heavy (non-hydrogen) atoms. The Hall–Kier alpha value is -15.2. The minimum atomic E-state index is -4.92. The van der Waals surface area contributed by atoms with Crippen molar-refractivity contribution in [1.82, 2.24) is 34.6 Å². The van der Waals surface area contributed by atoms with Crippen molar-refractivity contribution in [3.63, 3.8) is 0 Å². The molecule has 3 aromatic heterocycles. The highest BCUT2D eigenvalue weighted by Gasteiger charge is 2.53. The lowest BCUT2D eigenvalue weighted by atomic mass is 10.0. The minimum absolute atomic E-state index is 0.00364. The van der Waals surface area contributed by atoms with Crippen molar-refractivity contribution in [2.45, 2.75) is 157 Å². The number of halogens is 8. The quantitative estimate of drug-likeness (QED) is 0.0110. The number of nitriles is 4. The number of nitrogens with two attached hydrogens (primary N) is 2. The second kappa shape index (κ2) is 48.0. The molecule has 39 nitrogen and oxygen atoms in total. The smallest absolute Gasteiger partial charge is 0.470 e. The molecule has 0 radical (unpaired) electrons. The number of anilines is 4. The summed E-state index contributed by atoms with van der Waals surface area (Å²) in [5.74, 6) is -19.0. The zero-order chi connectivity index (χ0) is 107. The van der Waals surface area contributed by atoms with Crippen LogP contribution in [0.5, 0.6) is 23.0 Å². The Balaban J connectivity index is 0.000000165. The van der Waals surface area contributed by atoms with Gasteiger partial charge in [-0.3, -0.25) is 67.4 Å². The van der Waals surface area contributed by atoms with E-state index in [-0.39, 0.29) is 144 Å². The summed E-state index contributed by atoms with van der Waals surface area (Å²) in [7, 11) is -4.92. The Bertz CT molecular complexity index is 6350. The molecule has 48 heteroatoms. The lowest BCUT2D eigenvalue weighted by Gasteiger charge is -2.38. The summed E-state index contributed by atoms with van der Waals surface area (Å²) in [5.41, 5.74) is 17.6. The number of hydrogen-bond acceptors (Lipinski definition) is 29. The SMILES string of the molecule is C[C@@H](N)C(=O)OCC(=O)N1CC[C@H](Oc2ccc(-c3cc(NC(=O)C4CC4)ccn3)cc2C#N)C(F)(F)C1.C[C@H](N)C(=O)OCC(=O)N1CC[C@H](Oc2ccc(-c3cc(NC(=O)C4CC4)ccn3)cc2C#N)C(F)(F)C1.N#Cc1cc(-c2cc(NC(=O)C3CC3)ccn2)ccc1O[C@H]1CCN(C(=O)COP(=O)(O)O)CC1(F)F.N#Cc1cc(-c2cccc(NC(=O)C3CC3)c2)ccc1O[C@H]1CCN(C(=O)[C@@H](O)CO)CC1(F)F. The number of piperidine rings is 4. The number of esters is 2. The van der Waals surface area contributed by atoms with Crippen molar-refractivity contribution >= 4 is 89.8 Å². The highest BCUT2D eigenvalue weighted by Crippen LogP contribution is 2.44. The first kappa shape index (κ1) is 110. The van der Waals surface area contributed by atoms with Crippen molar-refractivity contribution in [3.05, 3.63) is 174 Å². The number of hydrogen-bond donors (Lipinski definition) is 10. The molecule has 4 saturated heterocycles. The fourth-order valence-electron chi connectivity index (χ4n) is 15.6. The summed E-state index contributed by atoms with van der Waals surface area (Å²) in [6, 6.07) is 41.1. The van der Waals surface area contributed by atoms with Gasteiger partial charge >= 0.3 is 43.5 Å². The van der Waals surface area contributed by atoms with E-state index in [1.807, 2.05) is 30.3 Å². The average Bonchev–Trinajstić information content (AvgIpc) is 1.31. The number of likely N-dealkylation sites (tertiary alicyclic amines) is 4. The van der Waals surface area contributed by atoms with Gasteiger partial charge < -0.3 is 101 Å². The maximum atomic E-state index is 14.9. The van der Waals surface area contributed by atoms with Gasteiger partial charge in [0.05, 0.1) is 72.1 Å². The Morgan fingerprint density at radius 1 is 0.405 bits per heavy atom. The number of carbonyl (C=O) groups is 10. The number of benzene rings is 5. The summed E-state index contributed by atoms with van der Waals surface area (Å²) in [4.78, 5) is 153. The molecule has 7 atom stereocenters. The van der Waals surface area contributed by atoms with Gasteiger partial charge in [-0.05, 0) is 192 Å². The van der Waals surface area contributed by atoms with Crippen LogP contribution in [0.15, 0.2) is 152 Å². The number of alkyl halides is 8. The molecular weight excluding hydrogens is 1970 g/mol. The zero-order valence-electron chi connectivity index (χ0n) is 79.4. The van der Waals surface area contributed by atoms with E-state index < -0.39 is 162 Å². The van der Waals surface area contributed by atoms with Crippen LogP contribution >= 0.6 is 7.82 Å². The van der Waals surface area contributed by atoms with E-state index in [0.717, 1.165) is 76.5 Å². The summed E-state index contributed by atoms with van der Waals surface area (Å²) in [6.45, 7) is -4.66. The standard InChI is InChI=1S/2C26H27F2N5O5.C25H25F2N3O5.C23H23F2N4O7P/c2*1-15(30)25(36)37-13-23(34)33-9-7-22(26(27,28)14-33)38-21-5-4-17(10-18(21)12-29)20-11-19(6-8-31-20)32-24(35)16-2-3-16;26-25(27)14-30(24(34)20(32)13-31)9-8-22(25)35-21-7-6-17(10-18(21)12-28)16-2-1-3-19(11-16)29-23(33)15-4-5-15;24-23(25)13-29(21(30)12-35-37(32,33)34)8-6-20(23)36-19-4-3-15(9-16(19)11-26)18-10-17(5-7-27-18)28-22(31)14-1-2-14/h2*4-6,8,10-11,15-16,22H,2-3,7,9,13-14,30H2,1H3,(H,31,32,35);1-3,6-7,10-11,15,20,22,31-32H,4-5,8-9,13-14H2,(H,29,33);3-5,7,9-10,14,20H,1-2,6,8,12-13H2,(H,27,28,31)(H2,32,33,34)/t15-,22+;15-,22-;20-,22-;20-/m1000/s1. The number of nitrogens with one attached hydrogen (secondary N) is 4. The molecule has 4 saturated carbocycles. The maximum Gasteiger partial charge on any atom is 0.470 e. The molecule has 4 aliphatic heterocycles. The number of aliphatic hydroxyl groups is 2. The van der Waals surface area contributed by atoms with E-state index in [9.17, 15) is 114 Å². The molecular formula is C100H102F8N17O22P. The van der Waals surface area contributed by atoms with Crippen LogP contribution in [0, 0.1) is 69.0 Å². The van der Waals surface area contributed by atoms with Crippen molar-refractivity contribution in [1.29, 1.82) is 21.0 Å². The third-order valence-electron chi connectivity index (χ3n) is 24.4. The summed E-state index contributed by atoms with van der Waals surface area (Å²) < 4.78 is 165. The molecule has 8 aliphatic rings. The van der Waals surface area contributed by atoms with Crippen molar-refractivity contribution < 1.29 is 141 Å². The molecule has 4 aliphatic carbocycles. The largest absolute Gasteiger partial charge is 0.483 e. The fourth-order valence-corrected chi connectivity index (χ4v) is 15.9. The molecule has 780 valence electrons. The Morgan fingerprint density at radius 3 is 0.966 bits per heavy atom. The van der Waals surface area contributed by atoms with E-state index in [0.29, 0.717) is 62.1 Å². The predicted molar refractivity (Wildman–Crippen MR) is 508 cm³/mol. The first-order valence-corrected chi connectivity index (χ1v) is 48.4. The van der Waals surface area contributed by atoms with Crippen molar-refractivity contribution in [2.24, 2.45) is 35.1 Å². The van der Waals surface area contributed by atoms with E-state index in [1.165, 1.54) is 81.0 Å². The Kier molecular flexibility index (Phi) is 35.7. The van der Waals surface area contributed by atoms with Crippen LogP contribution in [0.25, 0.3) is 44.9 Å². The van der Waals surface area contributed by atoms with Crippen LogP contribution < -0.4 is 51.7 Å². The third kappa shape index (κ3) is 30.1. The number of carbonyl (C=O) groups excluding carboxylic acids is 10. The highest BCUT2D eigenvalue weighted by molar-refractivity contribution is 7.46. The van der Waals surface area contributed by atoms with Gasteiger partial charge in [0.2, 0.25) is 29.5 Å². The number of amides is 8. The lowest BCUT2D eigenvalue weighted by Crippen LogP contribution is -2.57. The molecule has 8 amide bonds. The minimum Gasteiger partial charge on any atom is -0.483 e. The molecule has 0 spiro atoms. The van der Waals surface area contributed by atoms with E-state index in [1.54, 1.807) is 78.9 Å². The normalized spacial score (nSPS) is 19.3. The summed E-state index contributed by atoms with van der Waals surface area (Å²) >= 11 is 0. The number of rotatable bonds is 31. The molecule has 12 N–H and O–H groups in total. The van der Waals surface area contributed by atoms with Crippen LogP contribution in [0.2, 0.25) is 0 Å². The number of aromatic nitrogens is 3. The number of aliphatic hydroxyl groups excluding tert-OH is 2. The zero-order valence-corrected chi connectivity index (χ0v) is 80.3. The van der Waals surface area contributed by atoms with Crippen LogP contribution in [-0.4, -0.2) is 259 Å². The van der Waals surface area contributed by atoms with E-state index in [2.05, 4.69) is 40.7 Å². The van der Waals surface area contributed by atoms with Gasteiger partial charge in [-0.1, -0.05) is 18.2 Å². The second-order valence-corrected chi connectivity index (χ2v) is 37.5.